The van der Waals surface area contributed by atoms with E-state index in [4.69, 9.17) is 28.4 Å². The molecule has 3 aliphatic heterocycles. The molecule has 3 fully saturated rings. The molecule has 18 heteroatoms. The Hall–Kier alpha value is -1.43. The summed E-state index contributed by atoms with van der Waals surface area (Å²) in [5, 5.41) is 105. The summed E-state index contributed by atoms with van der Waals surface area (Å²) >= 11 is 0. The number of ether oxygens (including phenoxy) is 6. The van der Waals surface area contributed by atoms with Gasteiger partial charge >= 0.3 is 0 Å². The van der Waals surface area contributed by atoms with E-state index in [1.54, 1.807) is 0 Å². The minimum atomic E-state index is -1.91. The van der Waals surface area contributed by atoms with Crippen molar-refractivity contribution in [3.8, 4) is 0 Å². The van der Waals surface area contributed by atoms with E-state index in [2.05, 4.69) is 11.9 Å². The first kappa shape index (κ1) is 38.0. The maximum atomic E-state index is 11.1. The third kappa shape index (κ3) is 9.57. The van der Waals surface area contributed by atoms with Crippen molar-refractivity contribution in [3.05, 3.63) is 12.7 Å². The first-order valence-corrected chi connectivity index (χ1v) is 14.9. The Morgan fingerprint density at radius 3 is 1.62 bits per heavy atom. The highest BCUT2D eigenvalue weighted by Gasteiger charge is 2.53. The molecule has 11 N–H and O–H groups in total. The van der Waals surface area contributed by atoms with E-state index in [-0.39, 0.29) is 12.5 Å². The molecule has 0 spiro atoms. The van der Waals surface area contributed by atoms with Gasteiger partial charge in [0.15, 0.2) is 18.9 Å². The van der Waals surface area contributed by atoms with Crippen molar-refractivity contribution >= 4 is 5.91 Å². The van der Waals surface area contributed by atoms with Gasteiger partial charge in [-0.05, 0) is 18.9 Å². The molecule has 15 atom stereocenters. The third-order valence-electron chi connectivity index (χ3n) is 7.91. The van der Waals surface area contributed by atoms with Crippen molar-refractivity contribution in [3.63, 3.8) is 0 Å². The zero-order valence-electron chi connectivity index (χ0n) is 24.6. The first-order valence-electron chi connectivity index (χ1n) is 14.9. The highest BCUT2D eigenvalue weighted by molar-refractivity contribution is 5.86. The summed E-state index contributed by atoms with van der Waals surface area (Å²) < 4.78 is 33.1. The molecule has 3 saturated heterocycles. The second-order valence-electron chi connectivity index (χ2n) is 11.1. The average molecular weight is 658 g/mol. The molecule has 3 rings (SSSR count). The Bertz CT molecular complexity index is 895. The van der Waals surface area contributed by atoms with Gasteiger partial charge in [-0.15, -0.1) is 0 Å². The maximum Gasteiger partial charge on any atom is 0.243 e. The van der Waals surface area contributed by atoms with Crippen LogP contribution in [0.25, 0.3) is 0 Å². The molecule has 0 aromatic carbocycles. The molecule has 262 valence electrons. The molecule has 0 radical (unpaired) electrons. The molecule has 3 heterocycles. The summed E-state index contributed by atoms with van der Waals surface area (Å²) in [5.41, 5.74) is 0. The number of amides is 1. The molecular formula is C27H47NO17. The third-order valence-corrected chi connectivity index (χ3v) is 7.91. The molecule has 0 saturated carbocycles. The van der Waals surface area contributed by atoms with Crippen molar-refractivity contribution < 1.29 is 84.3 Å². The van der Waals surface area contributed by atoms with Crippen LogP contribution < -0.4 is 5.32 Å². The van der Waals surface area contributed by atoms with Crippen LogP contribution in [0.15, 0.2) is 12.7 Å². The van der Waals surface area contributed by atoms with E-state index >= 15 is 0 Å². The predicted molar refractivity (Wildman–Crippen MR) is 147 cm³/mol. The number of carbonyl (C=O) groups is 1. The Balaban J connectivity index is 1.54. The Labute approximate surface area is 259 Å². The summed E-state index contributed by atoms with van der Waals surface area (Å²) in [5.74, 6) is -0.250. The van der Waals surface area contributed by atoms with Crippen molar-refractivity contribution in [2.45, 2.75) is 118 Å². The van der Waals surface area contributed by atoms with Crippen LogP contribution in [0.4, 0.5) is 0 Å². The van der Waals surface area contributed by atoms with Gasteiger partial charge in [0.05, 0.1) is 19.8 Å². The van der Waals surface area contributed by atoms with E-state index in [0.717, 1.165) is 19.3 Å². The van der Waals surface area contributed by atoms with Crippen LogP contribution >= 0.6 is 0 Å². The molecule has 18 nitrogen and oxygen atoms in total. The number of rotatable bonds is 16. The summed E-state index contributed by atoms with van der Waals surface area (Å²) in [6, 6.07) is 0. The van der Waals surface area contributed by atoms with Crippen LogP contribution in [0.5, 0.6) is 0 Å². The fourth-order valence-corrected chi connectivity index (χ4v) is 5.24. The van der Waals surface area contributed by atoms with Crippen molar-refractivity contribution in [2.75, 3.05) is 33.0 Å². The summed E-state index contributed by atoms with van der Waals surface area (Å²) in [7, 11) is 0. The monoisotopic (exact) mass is 657 g/mol. The number of unbranched alkanes of at least 4 members (excludes halogenated alkanes) is 3. The number of aliphatic hydroxyl groups excluding tert-OH is 10. The molecule has 3 aliphatic rings. The largest absolute Gasteiger partial charge is 0.394 e. The van der Waals surface area contributed by atoms with Gasteiger partial charge in [-0.2, -0.15) is 0 Å². The zero-order chi connectivity index (χ0) is 33.3. The molecule has 1 amide bonds. The fourth-order valence-electron chi connectivity index (χ4n) is 5.24. The summed E-state index contributed by atoms with van der Waals surface area (Å²) in [6.45, 7) is 1.76. The van der Waals surface area contributed by atoms with Gasteiger partial charge in [-0.25, -0.2) is 0 Å². The number of carbonyl (C=O) groups excluding carboxylic acids is 1. The van der Waals surface area contributed by atoms with Crippen LogP contribution in [-0.4, -0.2) is 182 Å². The Kier molecular flexibility index (Phi) is 15.4. The van der Waals surface area contributed by atoms with Crippen molar-refractivity contribution in [1.82, 2.24) is 5.32 Å². The van der Waals surface area contributed by atoms with E-state index < -0.39 is 112 Å². The predicted octanol–water partition coefficient (Wildman–Crippen LogP) is -5.69. The van der Waals surface area contributed by atoms with Gasteiger partial charge in [-0.1, -0.05) is 19.4 Å². The SMILES string of the molecule is C=CC(=O)NCCCCCCO[C@@H]1O[C@H](CO)[C@@H](O[C@@H]2O[C@H](CO)[C@H](O[C@H]3O[C@H](CO)[C@H](O)[C@H](O)[C@H]3O)[C@H](O)[C@H]2O)[C@H](O)[C@H]1O. The molecule has 45 heavy (non-hydrogen) atoms. The maximum absolute atomic E-state index is 11.1. The lowest BCUT2D eigenvalue weighted by Gasteiger charge is -2.48. The quantitative estimate of drug-likeness (QED) is 0.0545. The van der Waals surface area contributed by atoms with E-state index in [1.807, 2.05) is 0 Å². The molecule has 0 bridgehead atoms. The standard InChI is InChI=1S/C27H47NO17/c1-2-15(32)28-7-5-3-4-6-8-40-25-21(38)18(35)23(13(10-30)42-25)45-27-22(39)19(36)24(14(11-31)43-27)44-26-20(37)17(34)16(33)12(9-29)41-26/h2,12-14,16-27,29-31,33-39H,1,3-11H2,(H,28,32)/t12-,13-,14-,16+,17+,18-,19-,20-,21-,22-,23-,24+,25-,26-,27+/m1/s1. The fraction of sp³-hybridized carbons (Fsp3) is 0.889. The highest BCUT2D eigenvalue weighted by Crippen LogP contribution is 2.32. The average Bonchev–Trinajstić information content (AvgIpc) is 3.04. The first-order chi connectivity index (χ1) is 21.5. The van der Waals surface area contributed by atoms with Gasteiger partial charge in [0.25, 0.3) is 0 Å². The number of hydrogen-bond acceptors (Lipinski definition) is 17. The minimum absolute atomic E-state index is 0.155. The van der Waals surface area contributed by atoms with Crippen molar-refractivity contribution in [2.24, 2.45) is 0 Å². The lowest BCUT2D eigenvalue weighted by Crippen LogP contribution is -2.66. The number of hydrogen-bond donors (Lipinski definition) is 11. The topological polar surface area (TPSA) is 287 Å². The van der Waals surface area contributed by atoms with Crippen LogP contribution in [0.2, 0.25) is 0 Å². The van der Waals surface area contributed by atoms with E-state index in [0.29, 0.717) is 13.0 Å². The Morgan fingerprint density at radius 2 is 1.09 bits per heavy atom. The van der Waals surface area contributed by atoms with Gasteiger partial charge in [0.2, 0.25) is 5.91 Å². The molecule has 0 aromatic rings. The highest BCUT2D eigenvalue weighted by atomic mass is 16.8. The Morgan fingerprint density at radius 1 is 0.622 bits per heavy atom. The number of nitrogens with one attached hydrogen (secondary N) is 1. The molecule has 0 aliphatic carbocycles. The van der Waals surface area contributed by atoms with Gasteiger partial charge in [0, 0.05) is 13.2 Å². The smallest absolute Gasteiger partial charge is 0.243 e. The van der Waals surface area contributed by atoms with Crippen molar-refractivity contribution in [1.29, 1.82) is 0 Å². The molecule has 0 unspecified atom stereocenters. The van der Waals surface area contributed by atoms with Gasteiger partial charge < -0.3 is 84.8 Å². The van der Waals surface area contributed by atoms with E-state index in [9.17, 15) is 55.9 Å². The van der Waals surface area contributed by atoms with Crippen LogP contribution in [0, 0.1) is 0 Å². The second-order valence-corrected chi connectivity index (χ2v) is 11.1. The minimum Gasteiger partial charge on any atom is -0.394 e. The second kappa shape index (κ2) is 18.2. The zero-order valence-corrected chi connectivity index (χ0v) is 24.6. The van der Waals surface area contributed by atoms with Crippen LogP contribution in [-0.2, 0) is 33.2 Å². The molecule has 0 aromatic heterocycles. The van der Waals surface area contributed by atoms with Crippen LogP contribution in [0.3, 0.4) is 0 Å². The van der Waals surface area contributed by atoms with E-state index in [1.165, 1.54) is 6.08 Å². The molecular weight excluding hydrogens is 610 g/mol. The lowest BCUT2D eigenvalue weighted by atomic mass is 9.96. The summed E-state index contributed by atoms with van der Waals surface area (Å²) in [6.07, 6.45) is -20.3. The van der Waals surface area contributed by atoms with Gasteiger partial charge in [-0.3, -0.25) is 4.79 Å². The number of aliphatic hydroxyl groups is 10. The normalized spacial score (nSPS) is 42.3. The summed E-state index contributed by atoms with van der Waals surface area (Å²) in [4.78, 5) is 11.1. The lowest BCUT2D eigenvalue weighted by molar-refractivity contribution is -0.379. The van der Waals surface area contributed by atoms with Gasteiger partial charge in [0.1, 0.15) is 73.2 Å². The van der Waals surface area contributed by atoms with Crippen LogP contribution in [0.1, 0.15) is 25.7 Å².